The molecule has 2 atom stereocenters. The van der Waals surface area contributed by atoms with Crippen LogP contribution in [0.4, 0.5) is 8.78 Å². The SMILES string of the molecule is O=C1CC[C@H](N2Cc3c(ccc4c3OCC43CCN(Cc4ccc5cn[nH]c5c4)CC3(F)F)C2=O)C(=O)N1. The van der Waals surface area contributed by atoms with Gasteiger partial charge in [0.15, 0.2) is 0 Å². The van der Waals surface area contributed by atoms with E-state index in [9.17, 15) is 14.4 Å². The molecule has 4 aliphatic rings. The van der Waals surface area contributed by atoms with Crippen LogP contribution < -0.4 is 10.1 Å². The fraction of sp³-hybridized carbons (Fsp3) is 0.407. The molecule has 0 aliphatic carbocycles. The van der Waals surface area contributed by atoms with Crippen molar-refractivity contribution in [2.75, 3.05) is 19.7 Å². The number of piperidine rings is 2. The summed E-state index contributed by atoms with van der Waals surface area (Å²) in [6, 6.07) is 8.21. The highest BCUT2D eigenvalue weighted by Gasteiger charge is 2.62. The third-order valence-corrected chi connectivity index (χ3v) is 8.53. The zero-order valence-corrected chi connectivity index (χ0v) is 20.4. The van der Waals surface area contributed by atoms with Gasteiger partial charge in [-0.05, 0) is 37.1 Å². The van der Waals surface area contributed by atoms with Crippen molar-refractivity contribution in [2.45, 2.75) is 49.7 Å². The molecular formula is C27H25F2N5O4. The fourth-order valence-electron chi connectivity index (χ4n) is 6.46. The number of aromatic amines is 1. The molecule has 3 amide bonds. The normalized spacial score (nSPS) is 26.5. The Kier molecular flexibility index (Phi) is 4.94. The highest BCUT2D eigenvalue weighted by Crippen LogP contribution is 2.55. The lowest BCUT2D eigenvalue weighted by Gasteiger charge is -2.44. The Balaban J connectivity index is 1.14. The summed E-state index contributed by atoms with van der Waals surface area (Å²) in [4.78, 5) is 40.3. The van der Waals surface area contributed by atoms with Crippen molar-refractivity contribution < 1.29 is 27.9 Å². The Morgan fingerprint density at radius 1 is 1.16 bits per heavy atom. The van der Waals surface area contributed by atoms with E-state index in [1.807, 2.05) is 18.2 Å². The molecule has 0 saturated carbocycles. The van der Waals surface area contributed by atoms with E-state index in [0.717, 1.165) is 16.5 Å². The average Bonchev–Trinajstić information content (AvgIpc) is 3.58. The van der Waals surface area contributed by atoms with Crippen molar-refractivity contribution in [1.29, 1.82) is 0 Å². The lowest BCUT2D eigenvalue weighted by atomic mass is 9.71. The van der Waals surface area contributed by atoms with Gasteiger partial charge >= 0.3 is 0 Å². The smallest absolute Gasteiger partial charge is 0.273 e. The minimum atomic E-state index is -3.06. The van der Waals surface area contributed by atoms with Gasteiger partial charge in [-0.2, -0.15) is 5.10 Å². The standard InChI is InChI=1S/C27H25F2N5O4/c28-27(29)13-33(11-15-1-2-16-10-30-32-20(16)9-15)8-7-26(27)14-38-23-18-12-34(21-5-6-22(35)31-24(21)36)25(37)17(18)3-4-19(23)26/h1-4,9-10,21H,5-8,11-14H2,(H,30,32)(H,31,35,36)/t21-,26?/m0/s1. The zero-order chi connectivity index (χ0) is 26.2. The Morgan fingerprint density at radius 3 is 2.84 bits per heavy atom. The maximum Gasteiger partial charge on any atom is 0.273 e. The summed E-state index contributed by atoms with van der Waals surface area (Å²) in [6.07, 6.45) is 2.32. The Hall–Kier alpha value is -3.86. The maximum atomic E-state index is 16.0. The number of carbonyl (C=O) groups excluding carboxylic acids is 3. The van der Waals surface area contributed by atoms with E-state index in [4.69, 9.17) is 4.74 Å². The summed E-state index contributed by atoms with van der Waals surface area (Å²) in [7, 11) is 0. The number of rotatable bonds is 3. The van der Waals surface area contributed by atoms with Gasteiger partial charge in [-0.25, -0.2) is 8.78 Å². The summed E-state index contributed by atoms with van der Waals surface area (Å²) in [5.41, 5.74) is 1.65. The van der Waals surface area contributed by atoms with Crippen molar-refractivity contribution in [3.8, 4) is 5.75 Å². The highest BCUT2D eigenvalue weighted by molar-refractivity contribution is 6.05. The molecule has 2 saturated heterocycles. The van der Waals surface area contributed by atoms with Gasteiger partial charge in [0.05, 0.1) is 30.2 Å². The number of hydrogen-bond acceptors (Lipinski definition) is 6. The van der Waals surface area contributed by atoms with E-state index in [1.165, 1.54) is 4.90 Å². The van der Waals surface area contributed by atoms with E-state index >= 15 is 8.78 Å². The number of ether oxygens (including phenoxy) is 1. The first-order chi connectivity index (χ1) is 18.3. The molecule has 1 unspecified atom stereocenters. The summed E-state index contributed by atoms with van der Waals surface area (Å²) >= 11 is 0. The number of amides is 3. The first kappa shape index (κ1) is 23.3. The van der Waals surface area contributed by atoms with Crippen LogP contribution in [-0.2, 0) is 28.1 Å². The molecule has 2 fully saturated rings. The number of nitrogens with zero attached hydrogens (tertiary/aromatic N) is 3. The minimum Gasteiger partial charge on any atom is -0.492 e. The fourth-order valence-corrected chi connectivity index (χ4v) is 6.46. The van der Waals surface area contributed by atoms with Crippen molar-refractivity contribution in [2.24, 2.45) is 0 Å². The third-order valence-electron chi connectivity index (χ3n) is 8.53. The number of halogens is 2. The van der Waals surface area contributed by atoms with E-state index in [2.05, 4.69) is 15.5 Å². The maximum absolute atomic E-state index is 16.0. The minimum absolute atomic E-state index is 0.0907. The van der Waals surface area contributed by atoms with Crippen LogP contribution in [-0.4, -0.2) is 69.4 Å². The molecule has 0 bridgehead atoms. The molecule has 5 heterocycles. The predicted molar refractivity (Wildman–Crippen MR) is 131 cm³/mol. The summed E-state index contributed by atoms with van der Waals surface area (Å²) in [6.45, 7) is 0.390. The van der Waals surface area contributed by atoms with Crippen molar-refractivity contribution in [3.05, 3.63) is 58.8 Å². The van der Waals surface area contributed by atoms with Crippen molar-refractivity contribution in [1.82, 2.24) is 25.3 Å². The molecule has 2 aromatic carbocycles. The highest BCUT2D eigenvalue weighted by atomic mass is 19.3. The van der Waals surface area contributed by atoms with Gasteiger partial charge in [0.1, 0.15) is 18.4 Å². The summed E-state index contributed by atoms with van der Waals surface area (Å²) in [5.74, 6) is -3.95. The van der Waals surface area contributed by atoms with Gasteiger partial charge in [0.2, 0.25) is 11.8 Å². The van der Waals surface area contributed by atoms with Crippen LogP contribution in [0.1, 0.15) is 46.3 Å². The zero-order valence-electron chi connectivity index (χ0n) is 20.4. The van der Waals surface area contributed by atoms with Crippen LogP contribution in [0.15, 0.2) is 36.5 Å². The second-order valence-corrected chi connectivity index (χ2v) is 10.7. The molecule has 7 rings (SSSR count). The molecule has 2 N–H and O–H groups in total. The number of alkyl halides is 2. The van der Waals surface area contributed by atoms with Gasteiger partial charge in [0.25, 0.3) is 11.8 Å². The van der Waals surface area contributed by atoms with E-state index < -0.39 is 29.8 Å². The number of carbonyl (C=O) groups is 3. The molecule has 11 heteroatoms. The number of H-pyrrole nitrogens is 1. The topological polar surface area (TPSA) is 108 Å². The number of hydrogen-bond donors (Lipinski definition) is 2. The van der Waals surface area contributed by atoms with Crippen LogP contribution in [0.2, 0.25) is 0 Å². The van der Waals surface area contributed by atoms with Crippen LogP contribution in [0.3, 0.4) is 0 Å². The quantitative estimate of drug-likeness (QED) is 0.513. The summed E-state index contributed by atoms with van der Waals surface area (Å²) in [5, 5.41) is 10.2. The molecule has 4 aliphatic heterocycles. The number of nitrogens with one attached hydrogen (secondary N) is 2. The van der Waals surface area contributed by atoms with Crippen molar-refractivity contribution >= 4 is 28.6 Å². The van der Waals surface area contributed by atoms with Gasteiger partial charge in [-0.3, -0.25) is 29.7 Å². The van der Waals surface area contributed by atoms with E-state index in [1.54, 1.807) is 23.2 Å². The first-order valence-electron chi connectivity index (χ1n) is 12.7. The van der Waals surface area contributed by atoms with Crippen LogP contribution in [0.5, 0.6) is 5.75 Å². The number of likely N-dealkylation sites (tertiary alicyclic amines) is 1. The number of fused-ring (bicyclic) bond motifs is 5. The Labute approximate surface area is 216 Å². The molecule has 38 heavy (non-hydrogen) atoms. The molecule has 9 nitrogen and oxygen atoms in total. The third kappa shape index (κ3) is 3.30. The predicted octanol–water partition coefficient (Wildman–Crippen LogP) is 2.50. The average molecular weight is 522 g/mol. The molecule has 3 aromatic rings. The number of aromatic nitrogens is 2. The largest absolute Gasteiger partial charge is 0.492 e. The van der Waals surface area contributed by atoms with Crippen LogP contribution in [0.25, 0.3) is 10.9 Å². The van der Waals surface area contributed by atoms with Gasteiger partial charge in [0, 0.05) is 35.0 Å². The molecule has 1 spiro atoms. The van der Waals surface area contributed by atoms with Crippen LogP contribution >= 0.6 is 0 Å². The molecule has 1 aromatic heterocycles. The van der Waals surface area contributed by atoms with Crippen molar-refractivity contribution in [3.63, 3.8) is 0 Å². The molecule has 196 valence electrons. The Bertz CT molecular complexity index is 1520. The van der Waals surface area contributed by atoms with Gasteiger partial charge < -0.3 is 9.64 Å². The first-order valence-corrected chi connectivity index (χ1v) is 12.7. The number of benzene rings is 2. The van der Waals surface area contributed by atoms with E-state index in [-0.39, 0.29) is 44.2 Å². The lowest BCUT2D eigenvalue weighted by molar-refractivity contribution is -0.137. The molecular weight excluding hydrogens is 496 g/mol. The van der Waals surface area contributed by atoms with Gasteiger partial charge in [-0.15, -0.1) is 0 Å². The lowest BCUT2D eigenvalue weighted by Crippen LogP contribution is -2.58. The molecule has 0 radical (unpaired) electrons. The monoisotopic (exact) mass is 521 g/mol. The van der Waals surface area contributed by atoms with E-state index in [0.29, 0.717) is 35.5 Å². The van der Waals surface area contributed by atoms with Crippen LogP contribution in [0, 0.1) is 0 Å². The summed E-state index contributed by atoms with van der Waals surface area (Å²) < 4.78 is 37.9. The van der Waals surface area contributed by atoms with Gasteiger partial charge in [-0.1, -0.05) is 18.2 Å². The second-order valence-electron chi connectivity index (χ2n) is 10.7. The number of imide groups is 1. The Morgan fingerprint density at radius 2 is 2.03 bits per heavy atom. The second kappa shape index (κ2) is 8.07.